The SMILES string of the molecule is CCn1nc(C)c(CN2CCC[C@@H](N3CCN(c4ccc(F)cc4)CC3)C2)c1C. The van der Waals surface area contributed by atoms with E-state index >= 15 is 0 Å². The summed E-state index contributed by atoms with van der Waals surface area (Å²) in [6, 6.07) is 7.56. The maximum Gasteiger partial charge on any atom is 0.123 e. The molecule has 1 aromatic heterocycles. The third-order valence-electron chi connectivity index (χ3n) is 6.72. The summed E-state index contributed by atoms with van der Waals surface area (Å²) in [6.07, 6.45) is 2.56. The number of benzene rings is 1. The van der Waals surface area contributed by atoms with E-state index < -0.39 is 0 Å². The van der Waals surface area contributed by atoms with Gasteiger partial charge in [0.05, 0.1) is 5.69 Å². The molecule has 0 aliphatic carbocycles. The van der Waals surface area contributed by atoms with Gasteiger partial charge >= 0.3 is 0 Å². The summed E-state index contributed by atoms with van der Waals surface area (Å²) in [7, 11) is 0. The molecule has 0 amide bonds. The number of piperidine rings is 1. The zero-order chi connectivity index (χ0) is 20.4. The molecule has 0 spiro atoms. The predicted octanol–water partition coefficient (Wildman–Crippen LogP) is 3.45. The van der Waals surface area contributed by atoms with Crippen LogP contribution in [0, 0.1) is 19.7 Å². The van der Waals surface area contributed by atoms with Crippen molar-refractivity contribution in [2.75, 3.05) is 44.2 Å². The van der Waals surface area contributed by atoms with Crippen molar-refractivity contribution in [2.24, 2.45) is 0 Å². The number of nitrogens with zero attached hydrogens (tertiary/aromatic N) is 5. The van der Waals surface area contributed by atoms with Crippen LogP contribution in [0.1, 0.15) is 36.7 Å². The number of hydrogen-bond acceptors (Lipinski definition) is 4. The van der Waals surface area contributed by atoms with Gasteiger partial charge in [0.25, 0.3) is 0 Å². The lowest BCUT2D eigenvalue weighted by atomic mass is 10.0. The largest absolute Gasteiger partial charge is 0.369 e. The molecule has 3 heterocycles. The molecular formula is C23H34FN5. The highest BCUT2D eigenvalue weighted by Gasteiger charge is 2.29. The van der Waals surface area contributed by atoms with E-state index in [1.807, 2.05) is 12.1 Å². The zero-order valence-corrected chi connectivity index (χ0v) is 18.1. The first-order valence-electron chi connectivity index (χ1n) is 11.0. The molecule has 4 rings (SSSR count). The van der Waals surface area contributed by atoms with Crippen molar-refractivity contribution < 1.29 is 4.39 Å². The summed E-state index contributed by atoms with van der Waals surface area (Å²) >= 11 is 0. The van der Waals surface area contributed by atoms with Gasteiger partial charge in [0, 0.05) is 68.8 Å². The topological polar surface area (TPSA) is 27.5 Å². The Labute approximate surface area is 174 Å². The number of aryl methyl sites for hydroxylation is 2. The molecule has 1 aromatic carbocycles. The van der Waals surface area contributed by atoms with Gasteiger partial charge in [-0.15, -0.1) is 0 Å². The average Bonchev–Trinajstić information content (AvgIpc) is 3.02. The summed E-state index contributed by atoms with van der Waals surface area (Å²) < 4.78 is 15.3. The van der Waals surface area contributed by atoms with Gasteiger partial charge in [-0.3, -0.25) is 14.5 Å². The van der Waals surface area contributed by atoms with Crippen LogP contribution in [0.5, 0.6) is 0 Å². The van der Waals surface area contributed by atoms with E-state index in [0.717, 1.165) is 51.5 Å². The first kappa shape index (κ1) is 20.4. The second kappa shape index (κ2) is 8.84. The average molecular weight is 400 g/mol. The number of piperazine rings is 1. The van der Waals surface area contributed by atoms with Crippen LogP contribution in [0.4, 0.5) is 10.1 Å². The number of likely N-dealkylation sites (tertiary alicyclic amines) is 1. The number of hydrogen-bond donors (Lipinski definition) is 0. The fourth-order valence-corrected chi connectivity index (χ4v) is 4.96. The van der Waals surface area contributed by atoms with Gasteiger partial charge in [0.15, 0.2) is 0 Å². The summed E-state index contributed by atoms with van der Waals surface area (Å²) in [4.78, 5) is 7.67. The van der Waals surface area contributed by atoms with Crippen molar-refractivity contribution in [3.63, 3.8) is 0 Å². The van der Waals surface area contributed by atoms with Crippen LogP contribution >= 0.6 is 0 Å². The molecule has 2 aliphatic heterocycles. The lowest BCUT2D eigenvalue weighted by molar-refractivity contribution is 0.0885. The van der Waals surface area contributed by atoms with Crippen molar-refractivity contribution in [1.82, 2.24) is 19.6 Å². The van der Waals surface area contributed by atoms with Crippen LogP contribution in [-0.4, -0.2) is 64.9 Å². The predicted molar refractivity (Wildman–Crippen MR) is 116 cm³/mol. The molecule has 2 saturated heterocycles. The van der Waals surface area contributed by atoms with Gasteiger partial charge in [0.1, 0.15) is 5.82 Å². The Morgan fingerprint density at radius 2 is 1.76 bits per heavy atom. The lowest BCUT2D eigenvalue weighted by Crippen LogP contribution is -2.55. The highest BCUT2D eigenvalue weighted by atomic mass is 19.1. The minimum absolute atomic E-state index is 0.162. The Bertz CT molecular complexity index is 807. The van der Waals surface area contributed by atoms with E-state index in [0.29, 0.717) is 6.04 Å². The molecular weight excluding hydrogens is 365 g/mol. The summed E-state index contributed by atoms with van der Waals surface area (Å²) in [6.45, 7) is 15.0. The molecule has 0 saturated carbocycles. The molecule has 29 heavy (non-hydrogen) atoms. The van der Waals surface area contributed by atoms with Crippen LogP contribution in [-0.2, 0) is 13.1 Å². The van der Waals surface area contributed by atoms with Gasteiger partial charge in [-0.05, 0) is 64.4 Å². The Morgan fingerprint density at radius 3 is 2.41 bits per heavy atom. The first-order chi connectivity index (χ1) is 14.0. The minimum atomic E-state index is -0.162. The van der Waals surface area contributed by atoms with E-state index in [2.05, 4.69) is 40.2 Å². The number of anilines is 1. The Kier molecular flexibility index (Phi) is 6.20. The molecule has 0 bridgehead atoms. The Morgan fingerprint density at radius 1 is 1.03 bits per heavy atom. The van der Waals surface area contributed by atoms with Gasteiger partial charge in [-0.2, -0.15) is 5.10 Å². The Hall–Kier alpha value is -1.92. The van der Waals surface area contributed by atoms with Crippen LogP contribution in [0.3, 0.4) is 0 Å². The van der Waals surface area contributed by atoms with E-state index in [1.54, 1.807) is 12.1 Å². The highest BCUT2D eigenvalue weighted by Crippen LogP contribution is 2.23. The molecule has 0 N–H and O–H groups in total. The standard InChI is InChI=1S/C23H34FN5/c1-4-29-19(3)23(18(2)25-29)17-26-11-5-6-22(16-26)28-14-12-27(13-15-28)21-9-7-20(24)8-10-21/h7-10,22H,4-6,11-17H2,1-3H3/t22-/m1/s1. The summed E-state index contributed by atoms with van der Waals surface area (Å²) in [5, 5.41) is 4.70. The summed E-state index contributed by atoms with van der Waals surface area (Å²) in [5.74, 6) is -0.162. The van der Waals surface area contributed by atoms with Crippen LogP contribution < -0.4 is 4.90 Å². The normalized spacial score (nSPS) is 21.7. The molecule has 0 unspecified atom stereocenters. The molecule has 2 fully saturated rings. The maximum atomic E-state index is 13.2. The van der Waals surface area contributed by atoms with Gasteiger partial charge in [-0.1, -0.05) is 0 Å². The van der Waals surface area contributed by atoms with Crippen LogP contribution in [0.2, 0.25) is 0 Å². The van der Waals surface area contributed by atoms with Gasteiger partial charge < -0.3 is 4.90 Å². The lowest BCUT2D eigenvalue weighted by Gasteiger charge is -2.44. The molecule has 1 atom stereocenters. The van der Waals surface area contributed by atoms with Crippen LogP contribution in [0.25, 0.3) is 0 Å². The van der Waals surface area contributed by atoms with Crippen molar-refractivity contribution in [3.05, 3.63) is 47.0 Å². The van der Waals surface area contributed by atoms with Crippen molar-refractivity contribution in [3.8, 4) is 0 Å². The van der Waals surface area contributed by atoms with Crippen LogP contribution in [0.15, 0.2) is 24.3 Å². The third kappa shape index (κ3) is 4.48. The Balaban J connectivity index is 1.33. The van der Waals surface area contributed by atoms with E-state index in [1.165, 1.54) is 36.3 Å². The second-order valence-electron chi connectivity index (χ2n) is 8.50. The van der Waals surface area contributed by atoms with Crippen molar-refractivity contribution >= 4 is 5.69 Å². The highest BCUT2D eigenvalue weighted by molar-refractivity contribution is 5.46. The first-order valence-corrected chi connectivity index (χ1v) is 11.0. The van der Waals surface area contributed by atoms with E-state index in [4.69, 9.17) is 5.10 Å². The molecule has 0 radical (unpaired) electrons. The monoisotopic (exact) mass is 399 g/mol. The van der Waals surface area contributed by atoms with E-state index in [9.17, 15) is 4.39 Å². The molecule has 5 nitrogen and oxygen atoms in total. The second-order valence-corrected chi connectivity index (χ2v) is 8.50. The smallest absolute Gasteiger partial charge is 0.123 e. The quantitative estimate of drug-likeness (QED) is 0.770. The molecule has 6 heteroatoms. The number of aromatic nitrogens is 2. The fourth-order valence-electron chi connectivity index (χ4n) is 4.96. The summed E-state index contributed by atoms with van der Waals surface area (Å²) in [5.41, 5.74) is 5.04. The number of rotatable bonds is 5. The molecule has 2 aromatic rings. The van der Waals surface area contributed by atoms with Gasteiger partial charge in [-0.25, -0.2) is 4.39 Å². The van der Waals surface area contributed by atoms with Crippen molar-refractivity contribution in [1.29, 1.82) is 0 Å². The van der Waals surface area contributed by atoms with E-state index in [-0.39, 0.29) is 5.82 Å². The maximum absolute atomic E-state index is 13.2. The molecule has 158 valence electrons. The third-order valence-corrected chi connectivity index (χ3v) is 6.72. The van der Waals surface area contributed by atoms with Gasteiger partial charge in [0.2, 0.25) is 0 Å². The van der Waals surface area contributed by atoms with Crippen molar-refractivity contribution in [2.45, 2.75) is 52.7 Å². The fraction of sp³-hybridized carbons (Fsp3) is 0.609. The molecule has 2 aliphatic rings. The minimum Gasteiger partial charge on any atom is -0.369 e. The number of halogens is 1. The zero-order valence-electron chi connectivity index (χ0n) is 18.1.